The van der Waals surface area contributed by atoms with Gasteiger partial charge in [0.1, 0.15) is 23.2 Å². The second-order valence-electron chi connectivity index (χ2n) is 8.47. The van der Waals surface area contributed by atoms with Crippen molar-refractivity contribution >= 4 is 17.0 Å². The van der Waals surface area contributed by atoms with Crippen LogP contribution < -0.4 is 0 Å². The highest BCUT2D eigenvalue weighted by Gasteiger charge is 2.38. The van der Waals surface area contributed by atoms with Crippen LogP contribution in [-0.4, -0.2) is 39.4 Å². The van der Waals surface area contributed by atoms with E-state index in [9.17, 15) is 19.6 Å². The first-order valence-corrected chi connectivity index (χ1v) is 9.69. The Kier molecular flexibility index (Phi) is 4.65. The van der Waals surface area contributed by atoms with Gasteiger partial charge in [-0.15, -0.1) is 0 Å². The molecular weight excluding hydrogens is 385 g/mol. The molecule has 0 bridgehead atoms. The first-order chi connectivity index (χ1) is 14.2. The molecule has 2 aromatic carbocycles. The quantitative estimate of drug-likeness (QED) is 0.669. The molecule has 0 unspecified atom stereocenters. The Bertz CT molecular complexity index is 1160. The largest absolute Gasteiger partial charge is 0.508 e. The lowest BCUT2D eigenvalue weighted by Crippen LogP contribution is -2.50. The molecule has 1 N–H and O–H groups in total. The van der Waals surface area contributed by atoms with Crippen LogP contribution in [0, 0.1) is 17.1 Å². The molecule has 1 aliphatic rings. The number of benzene rings is 2. The minimum absolute atomic E-state index is 0.0609. The number of rotatable bonds is 2. The van der Waals surface area contributed by atoms with Crippen molar-refractivity contribution in [3.8, 4) is 17.5 Å². The van der Waals surface area contributed by atoms with Crippen molar-refractivity contribution in [3.63, 3.8) is 0 Å². The van der Waals surface area contributed by atoms with Crippen molar-refractivity contribution < 1.29 is 19.0 Å². The van der Waals surface area contributed by atoms with Gasteiger partial charge in [0.2, 0.25) is 0 Å². The average Bonchev–Trinajstić information content (AvgIpc) is 2.92. The number of carbonyl (C=O) groups is 1. The highest BCUT2D eigenvalue weighted by Crippen LogP contribution is 2.39. The van der Waals surface area contributed by atoms with E-state index in [1.165, 1.54) is 12.1 Å². The number of halogens is 1. The molecule has 1 amide bonds. The van der Waals surface area contributed by atoms with Crippen LogP contribution in [0.25, 0.3) is 16.6 Å². The SMILES string of the molecule is CC(C)(C)OC(=O)N1CC(c2c(C#N)c3cc(O)ccc3n2-c2ccc(F)cc2)C1. The van der Waals surface area contributed by atoms with Gasteiger partial charge in [-0.1, -0.05) is 0 Å². The standard InChI is InChI=1S/C23H22FN3O3/c1-23(2,3)30-22(29)26-12-14(13-26)21-19(11-25)18-10-17(28)8-9-20(18)27(21)16-6-4-15(24)5-7-16/h4-10,14,28H,12-13H2,1-3H3. The third-order valence-corrected chi connectivity index (χ3v) is 5.10. The van der Waals surface area contributed by atoms with E-state index < -0.39 is 5.60 Å². The summed E-state index contributed by atoms with van der Waals surface area (Å²) in [6.07, 6.45) is -0.389. The smallest absolute Gasteiger partial charge is 0.410 e. The molecule has 1 aromatic heterocycles. The van der Waals surface area contributed by atoms with E-state index in [0.717, 1.165) is 11.2 Å². The van der Waals surface area contributed by atoms with E-state index in [1.54, 1.807) is 35.2 Å². The number of hydrogen-bond donors (Lipinski definition) is 1. The first kappa shape index (κ1) is 19.8. The summed E-state index contributed by atoms with van der Waals surface area (Å²) in [5.41, 5.74) is 2.05. The van der Waals surface area contributed by atoms with Gasteiger partial charge in [0, 0.05) is 35.8 Å². The Morgan fingerprint density at radius 3 is 2.47 bits per heavy atom. The summed E-state index contributed by atoms with van der Waals surface area (Å²) in [6.45, 7) is 6.26. The molecule has 2 heterocycles. The summed E-state index contributed by atoms with van der Waals surface area (Å²) in [5.74, 6) is -0.382. The molecule has 0 radical (unpaired) electrons. The molecule has 6 nitrogen and oxygen atoms in total. The van der Waals surface area contributed by atoms with Crippen molar-refractivity contribution in [1.29, 1.82) is 5.26 Å². The molecule has 7 heteroatoms. The number of nitrogens with zero attached hydrogens (tertiary/aromatic N) is 3. The predicted octanol–water partition coefficient (Wildman–Crippen LogP) is 4.68. The predicted molar refractivity (Wildman–Crippen MR) is 110 cm³/mol. The van der Waals surface area contributed by atoms with Crippen molar-refractivity contribution in [2.45, 2.75) is 32.3 Å². The highest BCUT2D eigenvalue weighted by molar-refractivity contribution is 5.91. The monoisotopic (exact) mass is 407 g/mol. The topological polar surface area (TPSA) is 78.5 Å². The van der Waals surface area contributed by atoms with Crippen LogP contribution >= 0.6 is 0 Å². The Hall–Kier alpha value is -3.53. The van der Waals surface area contributed by atoms with Gasteiger partial charge in [-0.05, 0) is 63.2 Å². The van der Waals surface area contributed by atoms with E-state index in [-0.39, 0.29) is 23.6 Å². The third-order valence-electron chi connectivity index (χ3n) is 5.10. The Labute approximate surface area is 173 Å². The number of ether oxygens (including phenoxy) is 1. The molecular formula is C23H22FN3O3. The molecule has 0 saturated carbocycles. The maximum Gasteiger partial charge on any atom is 0.410 e. The maximum atomic E-state index is 13.5. The summed E-state index contributed by atoms with van der Waals surface area (Å²) in [6, 6.07) is 13.1. The number of amides is 1. The minimum Gasteiger partial charge on any atom is -0.508 e. The van der Waals surface area contributed by atoms with Crippen LogP contribution in [0.3, 0.4) is 0 Å². The summed E-state index contributed by atoms with van der Waals surface area (Å²) in [7, 11) is 0. The van der Waals surface area contributed by atoms with Crippen LogP contribution in [0.5, 0.6) is 5.75 Å². The number of nitriles is 1. The van der Waals surface area contributed by atoms with Gasteiger partial charge in [0.05, 0.1) is 11.1 Å². The van der Waals surface area contributed by atoms with E-state index in [0.29, 0.717) is 29.7 Å². The van der Waals surface area contributed by atoms with Gasteiger partial charge < -0.3 is 19.3 Å². The van der Waals surface area contributed by atoms with Crippen LogP contribution in [0.4, 0.5) is 9.18 Å². The molecule has 0 atom stereocenters. The third kappa shape index (κ3) is 3.45. The normalized spacial score (nSPS) is 14.4. The second kappa shape index (κ2) is 7.06. The molecule has 1 saturated heterocycles. The van der Waals surface area contributed by atoms with Gasteiger partial charge in [0.25, 0.3) is 0 Å². The zero-order valence-electron chi connectivity index (χ0n) is 17.0. The van der Waals surface area contributed by atoms with Gasteiger partial charge in [-0.2, -0.15) is 5.26 Å². The van der Waals surface area contributed by atoms with Gasteiger partial charge in [-0.25, -0.2) is 9.18 Å². The van der Waals surface area contributed by atoms with Crippen LogP contribution in [0.2, 0.25) is 0 Å². The van der Waals surface area contributed by atoms with Crippen molar-refractivity contribution in [2.75, 3.05) is 13.1 Å². The fraction of sp³-hybridized carbons (Fsp3) is 0.304. The molecule has 3 aromatic rings. The molecule has 154 valence electrons. The number of likely N-dealkylation sites (tertiary alicyclic amines) is 1. The summed E-state index contributed by atoms with van der Waals surface area (Å²) < 4.78 is 20.8. The molecule has 0 spiro atoms. The summed E-state index contributed by atoms with van der Waals surface area (Å²) in [4.78, 5) is 13.9. The Morgan fingerprint density at radius 1 is 1.20 bits per heavy atom. The fourth-order valence-electron chi connectivity index (χ4n) is 3.80. The van der Waals surface area contributed by atoms with Crippen LogP contribution in [0.1, 0.15) is 37.9 Å². The van der Waals surface area contributed by atoms with Crippen molar-refractivity contribution in [3.05, 3.63) is 59.5 Å². The van der Waals surface area contributed by atoms with Gasteiger partial charge in [-0.3, -0.25) is 0 Å². The number of hydrogen-bond acceptors (Lipinski definition) is 4. The number of fused-ring (bicyclic) bond motifs is 1. The lowest BCUT2D eigenvalue weighted by molar-refractivity contribution is 0.00775. The van der Waals surface area contributed by atoms with E-state index in [1.807, 2.05) is 25.3 Å². The molecule has 1 aliphatic heterocycles. The summed E-state index contributed by atoms with van der Waals surface area (Å²) in [5, 5.41) is 20.5. The Morgan fingerprint density at radius 2 is 1.87 bits per heavy atom. The number of phenols is 1. The lowest BCUT2D eigenvalue weighted by Gasteiger charge is -2.40. The maximum absolute atomic E-state index is 13.5. The summed E-state index contributed by atoms with van der Waals surface area (Å²) >= 11 is 0. The number of carbonyl (C=O) groups excluding carboxylic acids is 1. The number of aromatic hydroxyl groups is 1. The molecule has 4 rings (SSSR count). The Balaban J connectivity index is 1.78. The van der Waals surface area contributed by atoms with Crippen LogP contribution in [0.15, 0.2) is 42.5 Å². The van der Waals surface area contributed by atoms with E-state index in [2.05, 4.69) is 6.07 Å². The van der Waals surface area contributed by atoms with Crippen molar-refractivity contribution in [2.24, 2.45) is 0 Å². The second-order valence-corrected chi connectivity index (χ2v) is 8.47. The molecule has 1 fully saturated rings. The first-order valence-electron chi connectivity index (χ1n) is 9.69. The zero-order valence-corrected chi connectivity index (χ0v) is 17.0. The number of aromatic nitrogens is 1. The van der Waals surface area contributed by atoms with Gasteiger partial charge >= 0.3 is 6.09 Å². The van der Waals surface area contributed by atoms with E-state index >= 15 is 0 Å². The average molecular weight is 407 g/mol. The fourth-order valence-corrected chi connectivity index (χ4v) is 3.80. The zero-order chi connectivity index (χ0) is 21.6. The van der Waals surface area contributed by atoms with Crippen LogP contribution in [-0.2, 0) is 4.74 Å². The number of phenolic OH excluding ortho intramolecular Hbond substituents is 1. The molecule has 30 heavy (non-hydrogen) atoms. The van der Waals surface area contributed by atoms with Crippen molar-refractivity contribution in [1.82, 2.24) is 9.47 Å². The highest BCUT2D eigenvalue weighted by atomic mass is 19.1. The van der Waals surface area contributed by atoms with Gasteiger partial charge in [0.15, 0.2) is 0 Å². The minimum atomic E-state index is -0.583. The lowest BCUT2D eigenvalue weighted by atomic mass is 9.93. The van der Waals surface area contributed by atoms with E-state index in [4.69, 9.17) is 4.74 Å². The molecule has 0 aliphatic carbocycles.